The molecule has 7 heteroatoms. The highest BCUT2D eigenvalue weighted by Crippen LogP contribution is 2.19. The number of carbonyl (C=O) groups excluding carboxylic acids is 1. The zero-order valence-electron chi connectivity index (χ0n) is 18.0. The second kappa shape index (κ2) is 8.99. The van der Waals surface area contributed by atoms with Gasteiger partial charge in [-0.2, -0.15) is 5.10 Å². The first-order chi connectivity index (χ1) is 14.9. The van der Waals surface area contributed by atoms with E-state index in [0.717, 1.165) is 30.9 Å². The van der Waals surface area contributed by atoms with Crippen LogP contribution in [-0.4, -0.2) is 45.9 Å². The number of anilines is 1. The van der Waals surface area contributed by atoms with Crippen LogP contribution in [0.15, 0.2) is 54.6 Å². The summed E-state index contributed by atoms with van der Waals surface area (Å²) in [7, 11) is 0. The van der Waals surface area contributed by atoms with Crippen LogP contribution in [0.25, 0.3) is 5.69 Å². The first-order valence-corrected chi connectivity index (χ1v) is 10.5. The molecule has 31 heavy (non-hydrogen) atoms. The molecule has 1 saturated heterocycles. The Bertz CT molecular complexity index is 1040. The van der Waals surface area contributed by atoms with Gasteiger partial charge >= 0.3 is 0 Å². The van der Waals surface area contributed by atoms with Crippen molar-refractivity contribution in [1.82, 2.24) is 14.7 Å². The molecule has 0 spiro atoms. The van der Waals surface area contributed by atoms with Gasteiger partial charge in [0.25, 0.3) is 5.91 Å². The fourth-order valence-electron chi connectivity index (χ4n) is 3.99. The van der Waals surface area contributed by atoms with Gasteiger partial charge in [0, 0.05) is 31.3 Å². The third-order valence-electron chi connectivity index (χ3n) is 5.26. The fraction of sp³-hybridized carbons (Fsp3) is 0.333. The zero-order valence-corrected chi connectivity index (χ0v) is 18.0. The topological polar surface area (TPSA) is 59.4 Å². The lowest BCUT2D eigenvalue weighted by atomic mass is 10.1. The Hall–Kier alpha value is -3.03. The molecule has 1 aliphatic rings. The Morgan fingerprint density at radius 3 is 2.39 bits per heavy atom. The number of nitrogens with one attached hydrogen (secondary N) is 1. The molecule has 2 heterocycles. The highest BCUT2D eigenvalue weighted by Gasteiger charge is 2.22. The summed E-state index contributed by atoms with van der Waals surface area (Å²) in [5.41, 5.74) is 3.15. The van der Waals surface area contributed by atoms with Crippen molar-refractivity contribution in [3.63, 3.8) is 0 Å². The van der Waals surface area contributed by atoms with Crippen LogP contribution in [0.1, 0.15) is 35.5 Å². The third kappa shape index (κ3) is 5.18. The maximum absolute atomic E-state index is 13.2. The van der Waals surface area contributed by atoms with Gasteiger partial charge in [-0.15, -0.1) is 0 Å². The second-order valence-corrected chi connectivity index (χ2v) is 8.16. The number of halogens is 1. The Balaban J connectivity index is 1.44. The fourth-order valence-corrected chi connectivity index (χ4v) is 3.99. The molecule has 6 nitrogen and oxygen atoms in total. The third-order valence-corrected chi connectivity index (χ3v) is 5.26. The number of hydrogen-bond acceptors (Lipinski definition) is 4. The Morgan fingerprint density at radius 1 is 1.10 bits per heavy atom. The molecule has 0 saturated carbocycles. The van der Waals surface area contributed by atoms with E-state index in [1.54, 1.807) is 22.9 Å². The molecule has 4 rings (SSSR count). The van der Waals surface area contributed by atoms with Gasteiger partial charge in [-0.05, 0) is 62.7 Å². The van der Waals surface area contributed by atoms with E-state index in [4.69, 9.17) is 4.74 Å². The van der Waals surface area contributed by atoms with Gasteiger partial charge in [-0.25, -0.2) is 9.07 Å². The number of aryl methyl sites for hydroxylation is 1. The number of rotatable bonds is 5. The molecular formula is C24H27FN4O2. The van der Waals surface area contributed by atoms with Gasteiger partial charge in [0.1, 0.15) is 11.6 Å². The monoisotopic (exact) mass is 422 g/mol. The summed E-state index contributed by atoms with van der Waals surface area (Å²) in [5.74, 6) is -0.00259. The predicted octanol–water partition coefficient (Wildman–Crippen LogP) is 4.18. The van der Waals surface area contributed by atoms with Gasteiger partial charge in [0.05, 0.1) is 23.6 Å². The predicted molar refractivity (Wildman–Crippen MR) is 118 cm³/mol. The molecule has 1 fully saturated rings. The number of aromatic nitrogens is 2. The minimum atomic E-state index is -0.320. The van der Waals surface area contributed by atoms with E-state index >= 15 is 0 Å². The molecule has 2 atom stereocenters. The molecule has 1 aromatic heterocycles. The largest absolute Gasteiger partial charge is 0.373 e. The average molecular weight is 423 g/mol. The maximum Gasteiger partial charge on any atom is 0.256 e. The average Bonchev–Trinajstić information content (AvgIpc) is 3.08. The van der Waals surface area contributed by atoms with Gasteiger partial charge in [-0.1, -0.05) is 12.1 Å². The van der Waals surface area contributed by atoms with Gasteiger partial charge in [0.15, 0.2) is 0 Å². The summed E-state index contributed by atoms with van der Waals surface area (Å²) in [5, 5.41) is 7.33. The van der Waals surface area contributed by atoms with E-state index in [9.17, 15) is 9.18 Å². The molecule has 2 unspecified atom stereocenters. The van der Waals surface area contributed by atoms with Gasteiger partial charge in [0.2, 0.25) is 0 Å². The molecule has 1 aliphatic heterocycles. The summed E-state index contributed by atoms with van der Waals surface area (Å²) < 4.78 is 20.6. The van der Waals surface area contributed by atoms with Crippen molar-refractivity contribution in [2.45, 2.75) is 39.5 Å². The van der Waals surface area contributed by atoms with Crippen LogP contribution < -0.4 is 5.32 Å². The first kappa shape index (κ1) is 21.2. The molecule has 0 bridgehead atoms. The van der Waals surface area contributed by atoms with Gasteiger partial charge < -0.3 is 10.1 Å². The SMILES string of the molecule is Cc1cc(NC(=O)c2ccc(CN3CC(C)OC(C)C3)cc2)n(-c2ccc(F)cc2)n1. The van der Waals surface area contributed by atoms with E-state index in [2.05, 4.69) is 29.2 Å². The Kier molecular flexibility index (Phi) is 6.15. The van der Waals surface area contributed by atoms with E-state index in [0.29, 0.717) is 17.1 Å². The maximum atomic E-state index is 13.2. The Morgan fingerprint density at radius 2 is 1.74 bits per heavy atom. The number of amides is 1. The van der Waals surface area contributed by atoms with Crippen LogP contribution in [0.2, 0.25) is 0 Å². The van der Waals surface area contributed by atoms with Crippen LogP contribution in [0.4, 0.5) is 10.2 Å². The highest BCUT2D eigenvalue weighted by atomic mass is 19.1. The van der Waals surface area contributed by atoms with Crippen molar-refractivity contribution < 1.29 is 13.9 Å². The van der Waals surface area contributed by atoms with E-state index in [-0.39, 0.29) is 23.9 Å². The van der Waals surface area contributed by atoms with Crippen molar-refractivity contribution in [2.75, 3.05) is 18.4 Å². The minimum Gasteiger partial charge on any atom is -0.373 e. The number of ether oxygens (including phenoxy) is 1. The first-order valence-electron chi connectivity index (χ1n) is 10.5. The molecule has 162 valence electrons. The van der Waals surface area contributed by atoms with Crippen LogP contribution in [-0.2, 0) is 11.3 Å². The minimum absolute atomic E-state index is 0.219. The number of morpholine rings is 1. The smallest absolute Gasteiger partial charge is 0.256 e. The second-order valence-electron chi connectivity index (χ2n) is 8.16. The van der Waals surface area contributed by atoms with E-state index in [1.807, 2.05) is 31.2 Å². The van der Waals surface area contributed by atoms with Crippen LogP contribution >= 0.6 is 0 Å². The van der Waals surface area contributed by atoms with E-state index < -0.39 is 0 Å². The zero-order chi connectivity index (χ0) is 22.0. The lowest BCUT2D eigenvalue weighted by molar-refractivity contribution is -0.0704. The number of nitrogens with zero attached hydrogens (tertiary/aromatic N) is 3. The van der Waals surface area contributed by atoms with Gasteiger partial charge in [-0.3, -0.25) is 9.69 Å². The van der Waals surface area contributed by atoms with Crippen molar-refractivity contribution in [1.29, 1.82) is 0 Å². The Labute approximate surface area is 181 Å². The summed E-state index contributed by atoms with van der Waals surface area (Å²) in [6, 6.07) is 15.4. The number of benzene rings is 2. The standard InChI is InChI=1S/C24H27FN4O2/c1-16-12-23(29(27-16)22-10-8-21(25)9-11-22)26-24(30)20-6-4-19(5-7-20)15-28-13-17(2)31-18(3)14-28/h4-12,17-18H,13-15H2,1-3H3,(H,26,30). The van der Waals surface area contributed by atoms with Crippen LogP contribution in [0.5, 0.6) is 0 Å². The van der Waals surface area contributed by atoms with Crippen molar-refractivity contribution in [3.05, 3.63) is 77.2 Å². The van der Waals surface area contributed by atoms with Crippen molar-refractivity contribution in [3.8, 4) is 5.69 Å². The molecule has 2 aromatic carbocycles. The normalized spacial score (nSPS) is 19.4. The molecule has 0 radical (unpaired) electrons. The molecule has 0 aliphatic carbocycles. The summed E-state index contributed by atoms with van der Waals surface area (Å²) >= 11 is 0. The van der Waals surface area contributed by atoms with Crippen molar-refractivity contribution in [2.24, 2.45) is 0 Å². The lowest BCUT2D eigenvalue weighted by Crippen LogP contribution is -2.44. The highest BCUT2D eigenvalue weighted by molar-refractivity contribution is 6.04. The van der Waals surface area contributed by atoms with Crippen LogP contribution in [0.3, 0.4) is 0 Å². The molecule has 3 aromatic rings. The summed E-state index contributed by atoms with van der Waals surface area (Å²) in [4.78, 5) is 15.2. The van der Waals surface area contributed by atoms with Crippen molar-refractivity contribution >= 4 is 11.7 Å². The number of carbonyl (C=O) groups is 1. The molecule has 1 N–H and O–H groups in total. The van der Waals surface area contributed by atoms with Crippen LogP contribution in [0, 0.1) is 12.7 Å². The summed E-state index contributed by atoms with van der Waals surface area (Å²) in [6.45, 7) is 8.66. The number of hydrogen-bond donors (Lipinski definition) is 1. The lowest BCUT2D eigenvalue weighted by Gasteiger charge is -2.35. The molecular weight excluding hydrogens is 395 g/mol. The summed E-state index contributed by atoms with van der Waals surface area (Å²) in [6.07, 6.45) is 0.450. The molecule has 1 amide bonds. The van der Waals surface area contributed by atoms with E-state index in [1.165, 1.54) is 12.1 Å². The quantitative estimate of drug-likeness (QED) is 0.670.